The van der Waals surface area contributed by atoms with Gasteiger partial charge in [-0.15, -0.1) is 0 Å². The SMILES string of the molecule is O=c1c2nn(Cc3ccccc3F)c(O)c2cnn1C1[C@H]2COC[C@@H]12. The molecule has 0 amide bonds. The van der Waals surface area contributed by atoms with Crippen molar-refractivity contribution in [2.24, 2.45) is 11.8 Å². The van der Waals surface area contributed by atoms with Gasteiger partial charge in [0.05, 0.1) is 37.4 Å². The number of fused-ring (bicyclic) bond motifs is 2. The van der Waals surface area contributed by atoms with Gasteiger partial charge in [-0.3, -0.25) is 4.79 Å². The maximum absolute atomic E-state index is 13.8. The maximum Gasteiger partial charge on any atom is 0.295 e. The predicted molar refractivity (Wildman–Crippen MR) is 85.8 cm³/mol. The van der Waals surface area contributed by atoms with Gasteiger partial charge in [0, 0.05) is 17.4 Å². The lowest BCUT2D eigenvalue weighted by atomic mass is 10.2. The number of halogens is 1. The molecule has 0 bridgehead atoms. The smallest absolute Gasteiger partial charge is 0.295 e. The van der Waals surface area contributed by atoms with Gasteiger partial charge in [0.2, 0.25) is 5.88 Å². The molecule has 7 nitrogen and oxygen atoms in total. The zero-order chi connectivity index (χ0) is 17.1. The zero-order valence-corrected chi connectivity index (χ0v) is 13.2. The van der Waals surface area contributed by atoms with Crippen LogP contribution in [-0.2, 0) is 11.3 Å². The number of ether oxygens (including phenoxy) is 1. The molecular formula is C17H15FN4O3. The van der Waals surface area contributed by atoms with Gasteiger partial charge in [0.25, 0.3) is 5.56 Å². The van der Waals surface area contributed by atoms with Gasteiger partial charge in [-0.2, -0.15) is 10.2 Å². The lowest BCUT2D eigenvalue weighted by Crippen LogP contribution is -2.24. The van der Waals surface area contributed by atoms with Crippen molar-refractivity contribution in [2.75, 3.05) is 13.2 Å². The lowest BCUT2D eigenvalue weighted by molar-refractivity contribution is 0.149. The number of aromatic hydroxyl groups is 1. The fraction of sp³-hybridized carbons (Fsp3) is 0.353. The van der Waals surface area contributed by atoms with Gasteiger partial charge in [0.15, 0.2) is 5.52 Å². The van der Waals surface area contributed by atoms with Crippen LogP contribution in [0.2, 0.25) is 0 Å². The summed E-state index contributed by atoms with van der Waals surface area (Å²) in [5.41, 5.74) is 0.196. The minimum absolute atomic E-state index is 0.0369. The zero-order valence-electron chi connectivity index (χ0n) is 13.2. The molecule has 0 spiro atoms. The summed E-state index contributed by atoms with van der Waals surface area (Å²) in [6, 6.07) is 6.31. The first-order chi connectivity index (χ1) is 12.1. The number of hydrogen-bond acceptors (Lipinski definition) is 5. The quantitative estimate of drug-likeness (QED) is 0.776. The minimum Gasteiger partial charge on any atom is -0.493 e. The van der Waals surface area contributed by atoms with Crippen molar-refractivity contribution in [3.8, 4) is 5.88 Å². The van der Waals surface area contributed by atoms with Crippen molar-refractivity contribution in [1.82, 2.24) is 19.6 Å². The standard InChI is InChI=1S/C17H15FN4O3/c18-13-4-2-1-3-9(13)6-21-16(23)10-5-19-22(17(24)14(10)20-21)15-11-7-25-8-12(11)15/h1-5,11-12,15,23H,6-8H2/t11-,12+,15?. The second-order valence-corrected chi connectivity index (χ2v) is 6.58. The van der Waals surface area contributed by atoms with Gasteiger partial charge in [-0.25, -0.2) is 13.8 Å². The van der Waals surface area contributed by atoms with Crippen LogP contribution < -0.4 is 5.56 Å². The van der Waals surface area contributed by atoms with Crippen molar-refractivity contribution in [3.05, 3.63) is 52.2 Å². The van der Waals surface area contributed by atoms with Crippen LogP contribution in [-0.4, -0.2) is 37.9 Å². The Labute approximate surface area is 141 Å². The van der Waals surface area contributed by atoms with E-state index >= 15 is 0 Å². The summed E-state index contributed by atoms with van der Waals surface area (Å²) in [4.78, 5) is 12.7. The highest BCUT2D eigenvalue weighted by molar-refractivity contribution is 5.82. The third-order valence-electron chi connectivity index (χ3n) is 5.15. The number of hydrogen-bond donors (Lipinski definition) is 1. The van der Waals surface area contributed by atoms with Crippen molar-refractivity contribution < 1.29 is 14.2 Å². The van der Waals surface area contributed by atoms with Gasteiger partial charge >= 0.3 is 0 Å². The van der Waals surface area contributed by atoms with Gasteiger partial charge in [-0.05, 0) is 6.07 Å². The predicted octanol–water partition coefficient (Wildman–Crippen LogP) is 1.30. The molecule has 2 aliphatic rings. The largest absolute Gasteiger partial charge is 0.493 e. The van der Waals surface area contributed by atoms with Crippen molar-refractivity contribution in [3.63, 3.8) is 0 Å². The van der Waals surface area contributed by atoms with E-state index in [2.05, 4.69) is 10.2 Å². The second-order valence-electron chi connectivity index (χ2n) is 6.58. The molecule has 5 rings (SSSR count). The molecule has 1 saturated carbocycles. The van der Waals surface area contributed by atoms with Crippen LogP contribution in [0.5, 0.6) is 5.88 Å². The highest BCUT2D eigenvalue weighted by atomic mass is 19.1. The molecule has 1 unspecified atom stereocenters. The average Bonchev–Trinajstić information content (AvgIpc) is 2.93. The molecule has 1 aromatic carbocycles. The summed E-state index contributed by atoms with van der Waals surface area (Å²) in [7, 11) is 0. The number of rotatable bonds is 3. The summed E-state index contributed by atoms with van der Waals surface area (Å²) >= 11 is 0. The Balaban J connectivity index is 1.56. The van der Waals surface area contributed by atoms with Gasteiger partial charge < -0.3 is 9.84 Å². The highest BCUT2D eigenvalue weighted by Gasteiger charge is 2.56. The summed E-state index contributed by atoms with van der Waals surface area (Å²) in [6.07, 6.45) is 1.45. The van der Waals surface area contributed by atoms with Gasteiger partial charge in [0.1, 0.15) is 5.82 Å². The second kappa shape index (κ2) is 5.13. The topological polar surface area (TPSA) is 82.2 Å². The van der Waals surface area contributed by atoms with Crippen LogP contribution in [0.3, 0.4) is 0 Å². The first-order valence-corrected chi connectivity index (χ1v) is 8.13. The third-order valence-corrected chi connectivity index (χ3v) is 5.15. The van der Waals surface area contributed by atoms with Crippen LogP contribution in [0, 0.1) is 17.7 Å². The van der Waals surface area contributed by atoms with E-state index in [4.69, 9.17) is 4.74 Å². The van der Waals surface area contributed by atoms with Crippen molar-refractivity contribution in [1.29, 1.82) is 0 Å². The molecule has 1 aliphatic heterocycles. The Bertz CT molecular complexity index is 1030. The molecule has 2 fully saturated rings. The molecule has 3 atom stereocenters. The molecule has 3 heterocycles. The summed E-state index contributed by atoms with van der Waals surface area (Å²) in [6.45, 7) is 1.33. The van der Waals surface area contributed by atoms with E-state index < -0.39 is 0 Å². The molecule has 1 aliphatic carbocycles. The third kappa shape index (κ3) is 2.10. The van der Waals surface area contributed by atoms with Crippen LogP contribution in [0.25, 0.3) is 10.9 Å². The molecule has 1 N–H and O–H groups in total. The van der Waals surface area contributed by atoms with Crippen LogP contribution >= 0.6 is 0 Å². The first kappa shape index (κ1) is 14.6. The molecule has 128 valence electrons. The Morgan fingerprint density at radius 1 is 1.28 bits per heavy atom. The lowest BCUT2D eigenvalue weighted by Gasteiger charge is -2.06. The van der Waals surface area contributed by atoms with E-state index in [-0.39, 0.29) is 40.7 Å². The Morgan fingerprint density at radius 3 is 2.80 bits per heavy atom. The first-order valence-electron chi connectivity index (χ1n) is 8.13. The fourth-order valence-corrected chi connectivity index (χ4v) is 3.71. The van der Waals surface area contributed by atoms with Gasteiger partial charge in [-0.1, -0.05) is 18.2 Å². The number of nitrogens with zero attached hydrogens (tertiary/aromatic N) is 4. The summed E-state index contributed by atoms with van der Waals surface area (Å²) < 4.78 is 21.9. The normalized spacial score (nSPS) is 24.6. The monoisotopic (exact) mass is 342 g/mol. The molecule has 8 heteroatoms. The number of benzene rings is 1. The van der Waals surface area contributed by atoms with E-state index in [0.717, 1.165) is 0 Å². The Morgan fingerprint density at radius 2 is 2.04 bits per heavy atom. The van der Waals surface area contributed by atoms with Crippen LogP contribution in [0.4, 0.5) is 4.39 Å². The van der Waals surface area contributed by atoms with Crippen molar-refractivity contribution >= 4 is 10.9 Å². The minimum atomic E-state index is -0.386. The maximum atomic E-state index is 13.8. The van der Waals surface area contributed by atoms with E-state index in [1.54, 1.807) is 18.2 Å². The Hall–Kier alpha value is -2.74. The van der Waals surface area contributed by atoms with Crippen LogP contribution in [0.1, 0.15) is 11.6 Å². The molecule has 25 heavy (non-hydrogen) atoms. The Kier molecular flexibility index (Phi) is 2.99. The average molecular weight is 342 g/mol. The summed E-state index contributed by atoms with van der Waals surface area (Å²) in [5.74, 6) is 0.0885. The van der Waals surface area contributed by atoms with E-state index in [1.807, 2.05) is 0 Å². The molecule has 0 radical (unpaired) electrons. The fourth-order valence-electron chi connectivity index (χ4n) is 3.71. The van der Waals surface area contributed by atoms with E-state index in [1.165, 1.54) is 21.6 Å². The van der Waals surface area contributed by atoms with Crippen LogP contribution in [0.15, 0.2) is 35.3 Å². The molecule has 3 aromatic rings. The highest BCUT2D eigenvalue weighted by Crippen LogP contribution is 2.53. The molecule has 1 saturated heterocycles. The molecule has 2 aromatic heterocycles. The summed E-state index contributed by atoms with van der Waals surface area (Å²) in [5, 5.41) is 19.0. The van der Waals surface area contributed by atoms with E-state index in [9.17, 15) is 14.3 Å². The van der Waals surface area contributed by atoms with Crippen molar-refractivity contribution in [2.45, 2.75) is 12.6 Å². The molecular weight excluding hydrogens is 327 g/mol. The number of aromatic nitrogens is 4. The van der Waals surface area contributed by atoms with E-state index in [0.29, 0.717) is 30.6 Å².